The molecule has 0 bridgehead atoms. The Morgan fingerprint density at radius 1 is 1.13 bits per heavy atom. The van der Waals surface area contributed by atoms with Crippen molar-refractivity contribution in [2.24, 2.45) is 0 Å². The molecule has 23 heavy (non-hydrogen) atoms. The minimum Gasteiger partial charge on any atom is -0.494 e. The Kier molecular flexibility index (Phi) is 4.09. The zero-order chi connectivity index (χ0) is 16.4. The van der Waals surface area contributed by atoms with E-state index in [-0.39, 0.29) is 4.90 Å². The van der Waals surface area contributed by atoms with E-state index in [1.807, 2.05) is 18.2 Å². The summed E-state index contributed by atoms with van der Waals surface area (Å²) in [5, 5.41) is 1.80. The number of aromatic nitrogens is 2. The third-order valence-electron chi connectivity index (χ3n) is 3.60. The van der Waals surface area contributed by atoms with E-state index >= 15 is 0 Å². The highest BCUT2D eigenvalue weighted by atomic mass is 32.2. The lowest BCUT2D eigenvalue weighted by atomic mass is 10.1. The van der Waals surface area contributed by atoms with E-state index in [9.17, 15) is 8.42 Å². The third kappa shape index (κ3) is 2.94. The summed E-state index contributed by atoms with van der Waals surface area (Å²) < 4.78 is 32.1. The molecule has 1 aromatic heterocycles. The Hall–Kier alpha value is -2.34. The number of benzene rings is 2. The zero-order valence-corrected chi connectivity index (χ0v) is 13.9. The normalized spacial score (nSPS) is 11.7. The van der Waals surface area contributed by atoms with Crippen LogP contribution >= 0.6 is 0 Å². The average Bonchev–Trinajstić information content (AvgIpc) is 2.99. The van der Waals surface area contributed by atoms with Crippen LogP contribution in [0.4, 0.5) is 0 Å². The van der Waals surface area contributed by atoms with Gasteiger partial charge < -0.3 is 4.74 Å². The molecule has 0 saturated heterocycles. The van der Waals surface area contributed by atoms with Gasteiger partial charge in [-0.15, -0.1) is 0 Å². The van der Waals surface area contributed by atoms with Crippen LogP contribution in [0.25, 0.3) is 10.8 Å². The topological polar surface area (TPSA) is 61.2 Å². The summed E-state index contributed by atoms with van der Waals surface area (Å²) in [7, 11) is -3.62. The Labute approximate surface area is 135 Å². The van der Waals surface area contributed by atoms with Crippen molar-refractivity contribution in [3.63, 3.8) is 0 Å². The van der Waals surface area contributed by atoms with Crippen molar-refractivity contribution in [3.8, 4) is 5.75 Å². The SMILES string of the molecule is CCCOc1ccc2cc(S(=O)(=O)n3ccnc3C)ccc2c1. The number of hydrogen-bond donors (Lipinski definition) is 0. The molecule has 120 valence electrons. The summed E-state index contributed by atoms with van der Waals surface area (Å²) in [6.45, 7) is 4.38. The number of rotatable bonds is 5. The highest BCUT2D eigenvalue weighted by Crippen LogP contribution is 2.25. The number of fused-ring (bicyclic) bond motifs is 1. The van der Waals surface area contributed by atoms with E-state index in [4.69, 9.17) is 4.74 Å². The third-order valence-corrected chi connectivity index (χ3v) is 5.35. The fourth-order valence-electron chi connectivity index (χ4n) is 2.41. The Morgan fingerprint density at radius 2 is 1.87 bits per heavy atom. The molecule has 0 aliphatic heterocycles. The number of aryl methyl sites for hydroxylation is 1. The molecule has 0 N–H and O–H groups in total. The first-order valence-corrected chi connectivity index (χ1v) is 8.88. The van der Waals surface area contributed by atoms with E-state index in [0.717, 1.165) is 22.9 Å². The van der Waals surface area contributed by atoms with Gasteiger partial charge in [0.1, 0.15) is 11.6 Å². The van der Waals surface area contributed by atoms with Crippen LogP contribution < -0.4 is 4.74 Å². The molecule has 0 aliphatic carbocycles. The van der Waals surface area contributed by atoms with Crippen LogP contribution in [0.5, 0.6) is 5.75 Å². The lowest BCUT2D eigenvalue weighted by molar-refractivity contribution is 0.318. The first-order chi connectivity index (χ1) is 11.0. The quantitative estimate of drug-likeness (QED) is 0.719. The Morgan fingerprint density at radius 3 is 2.57 bits per heavy atom. The van der Waals surface area contributed by atoms with Crippen LogP contribution in [0, 0.1) is 6.92 Å². The molecule has 3 aromatic rings. The molecule has 0 fully saturated rings. The van der Waals surface area contributed by atoms with Crippen molar-refractivity contribution in [2.45, 2.75) is 25.2 Å². The minimum atomic E-state index is -3.62. The Balaban J connectivity index is 2.02. The molecule has 0 spiro atoms. The number of ether oxygens (including phenoxy) is 1. The van der Waals surface area contributed by atoms with E-state index in [1.54, 1.807) is 25.1 Å². The van der Waals surface area contributed by atoms with Crippen LogP contribution in [0.15, 0.2) is 53.7 Å². The van der Waals surface area contributed by atoms with Gasteiger partial charge in [0.05, 0.1) is 11.5 Å². The van der Waals surface area contributed by atoms with Gasteiger partial charge in [-0.05, 0) is 48.4 Å². The van der Waals surface area contributed by atoms with Crippen LogP contribution in [-0.4, -0.2) is 24.0 Å². The minimum absolute atomic E-state index is 0.244. The maximum Gasteiger partial charge on any atom is 0.269 e. The van der Waals surface area contributed by atoms with Crippen LogP contribution in [-0.2, 0) is 10.0 Å². The maximum atomic E-state index is 12.7. The molecule has 0 amide bonds. The largest absolute Gasteiger partial charge is 0.494 e. The van der Waals surface area contributed by atoms with E-state index in [0.29, 0.717) is 12.4 Å². The molecular formula is C17H18N2O3S. The molecule has 0 aliphatic rings. The zero-order valence-electron chi connectivity index (χ0n) is 13.1. The van der Waals surface area contributed by atoms with Crippen LogP contribution in [0.3, 0.4) is 0 Å². The Bertz CT molecular complexity index is 945. The predicted molar refractivity (Wildman–Crippen MR) is 89.3 cm³/mol. The molecule has 0 atom stereocenters. The van der Waals surface area contributed by atoms with E-state index in [2.05, 4.69) is 11.9 Å². The van der Waals surface area contributed by atoms with Crippen LogP contribution in [0.1, 0.15) is 19.2 Å². The molecular weight excluding hydrogens is 312 g/mol. The number of imidazole rings is 1. The molecule has 0 saturated carbocycles. The second-order valence-electron chi connectivity index (χ2n) is 5.29. The van der Waals surface area contributed by atoms with Crippen molar-refractivity contribution in [1.82, 2.24) is 8.96 Å². The van der Waals surface area contributed by atoms with Crippen molar-refractivity contribution < 1.29 is 13.2 Å². The van der Waals surface area contributed by atoms with Gasteiger partial charge in [0.2, 0.25) is 0 Å². The molecule has 3 rings (SSSR count). The van der Waals surface area contributed by atoms with Crippen molar-refractivity contribution in [3.05, 3.63) is 54.6 Å². The highest BCUT2D eigenvalue weighted by Gasteiger charge is 2.18. The van der Waals surface area contributed by atoms with Gasteiger partial charge in [0.25, 0.3) is 10.0 Å². The summed E-state index contributed by atoms with van der Waals surface area (Å²) in [5.74, 6) is 1.23. The van der Waals surface area contributed by atoms with E-state index < -0.39 is 10.0 Å². The lowest BCUT2D eigenvalue weighted by Gasteiger charge is -2.09. The van der Waals surface area contributed by atoms with Crippen molar-refractivity contribution >= 4 is 20.8 Å². The fraction of sp³-hybridized carbons (Fsp3) is 0.235. The molecule has 0 radical (unpaired) electrons. The molecule has 1 heterocycles. The van der Waals surface area contributed by atoms with Gasteiger partial charge >= 0.3 is 0 Å². The number of hydrogen-bond acceptors (Lipinski definition) is 4. The van der Waals surface area contributed by atoms with Gasteiger partial charge in [-0.2, -0.15) is 0 Å². The highest BCUT2D eigenvalue weighted by molar-refractivity contribution is 7.90. The van der Waals surface area contributed by atoms with Gasteiger partial charge in [-0.1, -0.05) is 19.1 Å². The molecule has 5 nitrogen and oxygen atoms in total. The summed E-state index contributed by atoms with van der Waals surface area (Å²) in [6.07, 6.45) is 3.88. The average molecular weight is 330 g/mol. The molecule has 6 heteroatoms. The summed E-state index contributed by atoms with van der Waals surface area (Å²) in [5.41, 5.74) is 0. The van der Waals surface area contributed by atoms with Crippen LogP contribution in [0.2, 0.25) is 0 Å². The van der Waals surface area contributed by atoms with Gasteiger partial charge in [0, 0.05) is 12.4 Å². The van der Waals surface area contributed by atoms with Gasteiger partial charge in [-0.25, -0.2) is 17.4 Å². The first kappa shape index (κ1) is 15.6. The monoisotopic (exact) mass is 330 g/mol. The summed E-state index contributed by atoms with van der Waals surface area (Å²) >= 11 is 0. The second kappa shape index (κ2) is 6.04. The smallest absolute Gasteiger partial charge is 0.269 e. The van der Waals surface area contributed by atoms with Crippen molar-refractivity contribution in [1.29, 1.82) is 0 Å². The lowest BCUT2D eigenvalue weighted by Crippen LogP contribution is -2.13. The van der Waals surface area contributed by atoms with Gasteiger partial charge in [-0.3, -0.25) is 0 Å². The van der Waals surface area contributed by atoms with Crippen molar-refractivity contribution in [2.75, 3.05) is 6.61 Å². The molecule has 2 aromatic carbocycles. The predicted octanol–water partition coefficient (Wildman–Crippen LogP) is 3.37. The van der Waals surface area contributed by atoms with E-state index in [1.165, 1.54) is 16.4 Å². The summed E-state index contributed by atoms with van der Waals surface area (Å²) in [4.78, 5) is 4.22. The number of nitrogens with zero attached hydrogens (tertiary/aromatic N) is 2. The first-order valence-electron chi connectivity index (χ1n) is 7.44. The maximum absolute atomic E-state index is 12.7. The second-order valence-corrected chi connectivity index (χ2v) is 7.11. The standard InChI is InChI=1S/C17H18N2O3S/c1-3-10-22-16-6-4-15-12-17(7-5-14(15)11-16)23(20,21)19-9-8-18-13(19)2/h4-9,11-12H,3,10H2,1-2H3. The summed E-state index contributed by atoms with van der Waals surface area (Å²) in [6, 6.07) is 10.7. The van der Waals surface area contributed by atoms with Gasteiger partial charge in [0.15, 0.2) is 0 Å². The molecule has 0 unspecified atom stereocenters. The fourth-order valence-corrected chi connectivity index (χ4v) is 3.76.